The molecule has 0 spiro atoms. The van der Waals surface area contributed by atoms with Gasteiger partial charge in [-0.05, 0) is 79.7 Å². The molecular formula is C44H28N2. The number of pyridine rings is 2. The van der Waals surface area contributed by atoms with Gasteiger partial charge < -0.3 is 0 Å². The highest BCUT2D eigenvalue weighted by atomic mass is 14.7. The number of hydrogen-bond donors (Lipinski definition) is 0. The maximum atomic E-state index is 5.29. The van der Waals surface area contributed by atoms with Crippen LogP contribution in [-0.2, 0) is 0 Å². The first-order valence-electron chi connectivity index (χ1n) is 15.7. The first kappa shape index (κ1) is 26.3. The molecule has 7 aromatic carbocycles. The highest BCUT2D eigenvalue weighted by Crippen LogP contribution is 2.39. The fraction of sp³-hybridized carbons (Fsp3) is 0. The second kappa shape index (κ2) is 10.8. The van der Waals surface area contributed by atoms with Crippen molar-refractivity contribution in [1.82, 2.24) is 9.97 Å². The van der Waals surface area contributed by atoms with E-state index in [0.717, 1.165) is 55.3 Å². The van der Waals surface area contributed by atoms with Crippen LogP contribution >= 0.6 is 0 Å². The van der Waals surface area contributed by atoms with Crippen LogP contribution in [0.3, 0.4) is 0 Å². The molecule has 46 heavy (non-hydrogen) atoms. The van der Waals surface area contributed by atoms with Gasteiger partial charge in [0.15, 0.2) is 0 Å². The van der Waals surface area contributed by atoms with E-state index < -0.39 is 0 Å². The van der Waals surface area contributed by atoms with Crippen LogP contribution in [0.1, 0.15) is 0 Å². The second-order valence-corrected chi connectivity index (χ2v) is 11.8. The summed E-state index contributed by atoms with van der Waals surface area (Å²) in [4.78, 5) is 10.0. The Morgan fingerprint density at radius 1 is 0.348 bits per heavy atom. The topological polar surface area (TPSA) is 25.8 Å². The number of benzene rings is 7. The molecule has 0 bridgehead atoms. The molecule has 2 nitrogen and oxygen atoms in total. The minimum absolute atomic E-state index is 0.967. The third kappa shape index (κ3) is 4.43. The lowest BCUT2D eigenvalue weighted by atomic mass is 9.91. The summed E-state index contributed by atoms with van der Waals surface area (Å²) in [6.07, 6.45) is 1.87. The molecule has 0 saturated heterocycles. The number of fused-ring (bicyclic) bond motifs is 4. The number of hydrogen-bond acceptors (Lipinski definition) is 2. The Morgan fingerprint density at radius 3 is 1.74 bits per heavy atom. The summed E-state index contributed by atoms with van der Waals surface area (Å²) in [5, 5.41) is 7.16. The van der Waals surface area contributed by atoms with E-state index in [4.69, 9.17) is 9.97 Å². The van der Waals surface area contributed by atoms with E-state index >= 15 is 0 Å². The van der Waals surface area contributed by atoms with Gasteiger partial charge in [-0.15, -0.1) is 0 Å². The Morgan fingerprint density at radius 2 is 0.935 bits per heavy atom. The van der Waals surface area contributed by atoms with Crippen molar-refractivity contribution >= 4 is 43.4 Å². The zero-order valence-corrected chi connectivity index (χ0v) is 25.1. The molecule has 9 rings (SSSR count). The van der Waals surface area contributed by atoms with Gasteiger partial charge in [-0.2, -0.15) is 0 Å². The van der Waals surface area contributed by atoms with Crippen LogP contribution in [0, 0.1) is 0 Å². The van der Waals surface area contributed by atoms with Crippen molar-refractivity contribution in [3.05, 3.63) is 170 Å². The molecule has 0 saturated carbocycles. The van der Waals surface area contributed by atoms with Crippen molar-refractivity contribution in [3.63, 3.8) is 0 Å². The Hall–Kier alpha value is -6.12. The van der Waals surface area contributed by atoms with Gasteiger partial charge in [0.05, 0.1) is 16.7 Å². The maximum absolute atomic E-state index is 5.29. The Labute approximate surface area is 267 Å². The first-order chi connectivity index (χ1) is 22.8. The summed E-state index contributed by atoms with van der Waals surface area (Å²) in [5.41, 5.74) is 11.1. The Bertz CT molecular complexity index is 2580. The first-order valence-corrected chi connectivity index (χ1v) is 15.7. The fourth-order valence-electron chi connectivity index (χ4n) is 6.89. The maximum Gasteiger partial charge on any atom is 0.0780 e. The number of nitrogens with zero attached hydrogens (tertiary/aromatic N) is 2. The molecule has 0 fully saturated rings. The van der Waals surface area contributed by atoms with E-state index in [1.54, 1.807) is 0 Å². The van der Waals surface area contributed by atoms with Crippen molar-refractivity contribution in [2.75, 3.05) is 0 Å². The van der Waals surface area contributed by atoms with Crippen LogP contribution in [-0.4, -0.2) is 9.97 Å². The van der Waals surface area contributed by atoms with E-state index in [0.29, 0.717) is 0 Å². The zero-order chi connectivity index (χ0) is 30.5. The number of para-hydroxylation sites is 1. The second-order valence-electron chi connectivity index (χ2n) is 11.8. The third-order valence-electron chi connectivity index (χ3n) is 9.09. The molecule has 0 unspecified atom stereocenters. The van der Waals surface area contributed by atoms with E-state index in [2.05, 4.69) is 158 Å². The minimum Gasteiger partial charge on any atom is -0.256 e. The summed E-state index contributed by atoms with van der Waals surface area (Å²) in [6.45, 7) is 0. The van der Waals surface area contributed by atoms with E-state index in [9.17, 15) is 0 Å². The van der Waals surface area contributed by atoms with Crippen LogP contribution in [0.4, 0.5) is 0 Å². The van der Waals surface area contributed by atoms with E-state index in [1.165, 1.54) is 32.7 Å². The largest absolute Gasteiger partial charge is 0.256 e. The smallest absolute Gasteiger partial charge is 0.0780 e. The molecule has 0 aliphatic rings. The molecule has 0 radical (unpaired) electrons. The molecule has 0 N–H and O–H groups in total. The molecule has 0 aliphatic heterocycles. The van der Waals surface area contributed by atoms with Gasteiger partial charge in [0.25, 0.3) is 0 Å². The lowest BCUT2D eigenvalue weighted by Gasteiger charge is -2.15. The van der Waals surface area contributed by atoms with Gasteiger partial charge in [0.2, 0.25) is 0 Å². The molecular weight excluding hydrogens is 556 g/mol. The summed E-state index contributed by atoms with van der Waals surface area (Å²) in [5.74, 6) is 0. The molecule has 2 heterocycles. The van der Waals surface area contributed by atoms with Crippen molar-refractivity contribution in [3.8, 4) is 44.6 Å². The highest BCUT2D eigenvalue weighted by Gasteiger charge is 2.15. The SMILES string of the molecule is c1cc(-c2cc(-c3cccc4ccccc34)nc3ccc(-c4cccc5ccccc45)cc23)cc(-c2cccc3cccnc23)c1. The summed E-state index contributed by atoms with van der Waals surface area (Å²) >= 11 is 0. The molecule has 2 aromatic heterocycles. The fourth-order valence-corrected chi connectivity index (χ4v) is 6.89. The van der Waals surface area contributed by atoms with Gasteiger partial charge in [0, 0.05) is 28.1 Å². The van der Waals surface area contributed by atoms with Crippen molar-refractivity contribution < 1.29 is 0 Å². The lowest BCUT2D eigenvalue weighted by Crippen LogP contribution is -1.93. The summed E-state index contributed by atoms with van der Waals surface area (Å²) in [7, 11) is 0. The van der Waals surface area contributed by atoms with Gasteiger partial charge in [-0.1, -0.05) is 133 Å². The lowest BCUT2D eigenvalue weighted by molar-refractivity contribution is 1.40. The van der Waals surface area contributed by atoms with Crippen LogP contribution < -0.4 is 0 Å². The zero-order valence-electron chi connectivity index (χ0n) is 25.1. The molecule has 9 aromatic rings. The predicted molar refractivity (Wildman–Crippen MR) is 194 cm³/mol. The van der Waals surface area contributed by atoms with Crippen molar-refractivity contribution in [2.24, 2.45) is 0 Å². The van der Waals surface area contributed by atoms with Gasteiger partial charge >= 0.3 is 0 Å². The van der Waals surface area contributed by atoms with Crippen molar-refractivity contribution in [2.45, 2.75) is 0 Å². The molecule has 0 amide bonds. The average Bonchev–Trinajstić information content (AvgIpc) is 3.13. The summed E-state index contributed by atoms with van der Waals surface area (Å²) < 4.78 is 0. The van der Waals surface area contributed by atoms with Gasteiger partial charge in [-0.25, -0.2) is 4.98 Å². The predicted octanol–water partition coefficient (Wildman–Crippen LogP) is 11.8. The normalized spacial score (nSPS) is 11.5. The quantitative estimate of drug-likeness (QED) is 0.206. The molecule has 0 aliphatic carbocycles. The van der Waals surface area contributed by atoms with Crippen LogP contribution in [0.5, 0.6) is 0 Å². The highest BCUT2D eigenvalue weighted by molar-refractivity contribution is 6.05. The summed E-state index contributed by atoms with van der Waals surface area (Å²) in [6, 6.07) is 58.5. The van der Waals surface area contributed by atoms with Crippen LogP contribution in [0.15, 0.2) is 170 Å². The van der Waals surface area contributed by atoms with E-state index in [1.807, 2.05) is 12.3 Å². The molecule has 0 atom stereocenters. The Kier molecular flexibility index (Phi) is 6.17. The average molecular weight is 585 g/mol. The third-order valence-corrected chi connectivity index (χ3v) is 9.09. The molecule has 2 heteroatoms. The standard InChI is InChI=1S/C44H28N2/c1-3-18-35-29(10-1)12-6-20-37(35)34-23-24-42-41(27-34)40(28-43(46-42)39-22-7-13-30-11-2-4-19-36(30)39)33-16-5-15-32(26-33)38-21-8-14-31-17-9-25-45-44(31)38/h1-28H. The number of rotatable bonds is 4. The van der Waals surface area contributed by atoms with Crippen molar-refractivity contribution in [1.29, 1.82) is 0 Å². The van der Waals surface area contributed by atoms with Crippen LogP contribution in [0.25, 0.3) is 88.0 Å². The number of aromatic nitrogens is 2. The van der Waals surface area contributed by atoms with Gasteiger partial charge in [-0.3, -0.25) is 4.98 Å². The van der Waals surface area contributed by atoms with Crippen LogP contribution in [0.2, 0.25) is 0 Å². The minimum atomic E-state index is 0.967. The monoisotopic (exact) mass is 584 g/mol. The Balaban J connectivity index is 1.30. The van der Waals surface area contributed by atoms with E-state index in [-0.39, 0.29) is 0 Å². The molecule has 214 valence electrons. The van der Waals surface area contributed by atoms with Gasteiger partial charge in [0.1, 0.15) is 0 Å².